The third-order valence-corrected chi connectivity index (χ3v) is 6.63. The van der Waals surface area contributed by atoms with Crippen LogP contribution < -0.4 is 5.32 Å². The van der Waals surface area contributed by atoms with E-state index in [1.54, 1.807) is 12.1 Å². The van der Waals surface area contributed by atoms with Crippen molar-refractivity contribution < 1.29 is 9.50 Å². The number of fused-ring (bicyclic) bond motifs is 1. The Balaban J connectivity index is 1.55. The van der Waals surface area contributed by atoms with Gasteiger partial charge in [0.1, 0.15) is 17.2 Å². The molecule has 34 heavy (non-hydrogen) atoms. The normalized spacial score (nSPS) is 15.1. The van der Waals surface area contributed by atoms with Crippen molar-refractivity contribution >= 4 is 28.6 Å². The second-order valence-corrected chi connectivity index (χ2v) is 9.23. The minimum Gasteiger partial charge on any atom is -0.394 e. The second-order valence-electron chi connectivity index (χ2n) is 8.89. The quantitative estimate of drug-likeness (QED) is 0.333. The van der Waals surface area contributed by atoms with Gasteiger partial charge in [-0.15, -0.1) is 0 Å². The fourth-order valence-corrected chi connectivity index (χ4v) is 4.97. The van der Waals surface area contributed by atoms with Crippen LogP contribution in [0, 0.1) is 5.82 Å². The van der Waals surface area contributed by atoms with Crippen LogP contribution in [0.15, 0.2) is 54.6 Å². The fraction of sp³-hybridized carbons (Fsp3) is 0.346. The molecule has 8 heteroatoms. The number of benzene rings is 2. The van der Waals surface area contributed by atoms with Gasteiger partial charge in [-0.2, -0.15) is 9.97 Å². The Morgan fingerprint density at radius 3 is 2.44 bits per heavy atom. The van der Waals surface area contributed by atoms with Crippen LogP contribution in [0.5, 0.6) is 0 Å². The molecule has 1 fully saturated rings. The van der Waals surface area contributed by atoms with Crippen LogP contribution in [0.4, 0.5) is 10.2 Å². The monoisotopic (exact) mass is 479 g/mol. The average Bonchev–Trinajstić information content (AvgIpc) is 3.49. The molecule has 1 saturated carbocycles. The summed E-state index contributed by atoms with van der Waals surface area (Å²) in [6.07, 6.45) is 5.10. The zero-order valence-corrected chi connectivity index (χ0v) is 19.5. The topological polar surface area (TPSA) is 75.9 Å². The number of aromatic nitrogens is 4. The van der Waals surface area contributed by atoms with Crippen LogP contribution in [-0.4, -0.2) is 37.3 Å². The number of aliphatic hydroxyl groups excluding tert-OH is 1. The minimum absolute atomic E-state index is 0.107. The number of nitrogens with one attached hydrogen (secondary N) is 1. The summed E-state index contributed by atoms with van der Waals surface area (Å²) in [6.45, 7) is 0.521. The van der Waals surface area contributed by atoms with E-state index >= 15 is 0 Å². The van der Waals surface area contributed by atoms with Crippen molar-refractivity contribution in [3.8, 4) is 0 Å². The Bertz CT molecular complexity index is 1260. The summed E-state index contributed by atoms with van der Waals surface area (Å²) >= 11 is 6.29. The predicted octanol–water partition coefficient (Wildman–Crippen LogP) is 5.34. The van der Waals surface area contributed by atoms with Gasteiger partial charge in [0.15, 0.2) is 11.5 Å². The summed E-state index contributed by atoms with van der Waals surface area (Å²) in [7, 11) is 0. The molecular formula is C26H27ClFN5O. The number of imidazole rings is 1. The van der Waals surface area contributed by atoms with E-state index in [-0.39, 0.29) is 23.7 Å². The molecule has 1 aliphatic rings. The molecule has 0 aliphatic heterocycles. The molecule has 0 saturated heterocycles. The van der Waals surface area contributed by atoms with Gasteiger partial charge in [0.25, 0.3) is 0 Å². The van der Waals surface area contributed by atoms with Gasteiger partial charge in [0.2, 0.25) is 5.28 Å². The number of anilines is 1. The molecule has 0 bridgehead atoms. The summed E-state index contributed by atoms with van der Waals surface area (Å²) in [5.74, 6) is 1.64. The Morgan fingerprint density at radius 2 is 1.74 bits per heavy atom. The van der Waals surface area contributed by atoms with E-state index in [9.17, 15) is 9.50 Å². The lowest BCUT2D eigenvalue weighted by molar-refractivity contribution is 0.273. The van der Waals surface area contributed by atoms with Crippen molar-refractivity contribution in [1.82, 2.24) is 19.5 Å². The molecule has 2 aromatic carbocycles. The number of rotatable bonds is 8. The molecule has 6 nitrogen and oxygen atoms in total. The summed E-state index contributed by atoms with van der Waals surface area (Å²) in [5, 5.41) is 13.6. The van der Waals surface area contributed by atoms with Crippen molar-refractivity contribution in [2.45, 2.75) is 50.6 Å². The minimum atomic E-state index is -0.338. The van der Waals surface area contributed by atoms with Crippen LogP contribution in [0.2, 0.25) is 5.28 Å². The summed E-state index contributed by atoms with van der Waals surface area (Å²) in [6, 6.07) is 16.2. The van der Waals surface area contributed by atoms with E-state index < -0.39 is 0 Å². The molecule has 0 amide bonds. The number of hydrogen-bond donors (Lipinski definition) is 2. The van der Waals surface area contributed by atoms with Crippen molar-refractivity contribution in [3.05, 3.63) is 82.6 Å². The molecule has 1 atom stereocenters. The van der Waals surface area contributed by atoms with E-state index in [1.807, 2.05) is 18.2 Å². The molecule has 2 N–H and O–H groups in total. The lowest BCUT2D eigenvalue weighted by Gasteiger charge is -2.19. The molecule has 176 valence electrons. The third kappa shape index (κ3) is 4.91. The zero-order chi connectivity index (χ0) is 23.5. The molecule has 5 rings (SSSR count). The number of nitrogens with zero attached hydrogens (tertiary/aromatic N) is 4. The average molecular weight is 480 g/mol. The first-order valence-electron chi connectivity index (χ1n) is 11.7. The largest absolute Gasteiger partial charge is 0.394 e. The second kappa shape index (κ2) is 10.1. The standard InChI is InChI=1S/C26H27ClFN5O/c27-26-31-23(29-21(16-34)14-17-10-12-20(28)13-11-17)22-24(32-26)30-25(19-8-4-5-9-19)33(22)15-18-6-2-1-3-7-18/h1-3,6-7,10-13,19,21,34H,4-5,8-9,14-16H2,(H,29,31,32). The SMILES string of the molecule is OCC(Cc1ccc(F)cc1)Nc1nc(Cl)nc2nc(C3CCCC3)n(Cc3ccccc3)c12. The van der Waals surface area contributed by atoms with Crippen LogP contribution in [-0.2, 0) is 13.0 Å². The Kier molecular flexibility index (Phi) is 6.74. The molecule has 1 aliphatic carbocycles. The summed E-state index contributed by atoms with van der Waals surface area (Å²) in [4.78, 5) is 13.9. The van der Waals surface area contributed by atoms with Gasteiger partial charge in [0, 0.05) is 12.5 Å². The Labute approximate surface area is 202 Å². The van der Waals surface area contributed by atoms with E-state index in [4.69, 9.17) is 16.6 Å². The first-order chi connectivity index (χ1) is 16.6. The first kappa shape index (κ1) is 22.7. The van der Waals surface area contributed by atoms with Gasteiger partial charge in [0.05, 0.1) is 12.6 Å². The smallest absolute Gasteiger partial charge is 0.226 e. The number of halogens is 2. The van der Waals surface area contributed by atoms with Crippen molar-refractivity contribution in [1.29, 1.82) is 0 Å². The van der Waals surface area contributed by atoms with Crippen LogP contribution in [0.1, 0.15) is 48.6 Å². The van der Waals surface area contributed by atoms with Crippen molar-refractivity contribution in [2.75, 3.05) is 11.9 Å². The molecule has 2 heterocycles. The third-order valence-electron chi connectivity index (χ3n) is 6.47. The maximum absolute atomic E-state index is 13.3. The highest BCUT2D eigenvalue weighted by molar-refractivity contribution is 6.28. The predicted molar refractivity (Wildman–Crippen MR) is 132 cm³/mol. The highest BCUT2D eigenvalue weighted by Crippen LogP contribution is 2.37. The molecule has 2 aromatic heterocycles. The van der Waals surface area contributed by atoms with Gasteiger partial charge in [-0.05, 0) is 54.1 Å². The lowest BCUT2D eigenvalue weighted by atomic mass is 10.1. The van der Waals surface area contributed by atoms with Crippen LogP contribution in [0.3, 0.4) is 0 Å². The zero-order valence-electron chi connectivity index (χ0n) is 18.8. The summed E-state index contributed by atoms with van der Waals surface area (Å²) in [5.41, 5.74) is 3.41. The number of aliphatic hydroxyl groups is 1. The maximum atomic E-state index is 13.3. The van der Waals surface area contributed by atoms with E-state index in [1.165, 1.54) is 25.0 Å². The lowest BCUT2D eigenvalue weighted by Crippen LogP contribution is -2.27. The van der Waals surface area contributed by atoms with Gasteiger partial charge >= 0.3 is 0 Å². The molecule has 0 spiro atoms. The van der Waals surface area contributed by atoms with Gasteiger partial charge in [-0.25, -0.2) is 9.37 Å². The first-order valence-corrected chi connectivity index (χ1v) is 12.1. The van der Waals surface area contributed by atoms with Crippen molar-refractivity contribution in [2.24, 2.45) is 0 Å². The van der Waals surface area contributed by atoms with Gasteiger partial charge < -0.3 is 15.0 Å². The van der Waals surface area contributed by atoms with Crippen LogP contribution in [0.25, 0.3) is 11.2 Å². The van der Waals surface area contributed by atoms with E-state index in [0.717, 1.165) is 35.3 Å². The molecule has 0 radical (unpaired) electrons. The van der Waals surface area contributed by atoms with Gasteiger partial charge in [-0.1, -0.05) is 55.3 Å². The highest BCUT2D eigenvalue weighted by atomic mass is 35.5. The molecule has 4 aromatic rings. The van der Waals surface area contributed by atoms with Crippen LogP contribution >= 0.6 is 11.6 Å². The molecular weight excluding hydrogens is 453 g/mol. The van der Waals surface area contributed by atoms with E-state index in [2.05, 4.69) is 32.0 Å². The molecule has 1 unspecified atom stereocenters. The fourth-order valence-electron chi connectivity index (χ4n) is 4.81. The van der Waals surface area contributed by atoms with Crippen molar-refractivity contribution in [3.63, 3.8) is 0 Å². The summed E-state index contributed by atoms with van der Waals surface area (Å²) < 4.78 is 15.5. The van der Waals surface area contributed by atoms with Gasteiger partial charge in [-0.3, -0.25) is 0 Å². The Hall–Kier alpha value is -3.03. The van der Waals surface area contributed by atoms with E-state index in [0.29, 0.717) is 30.3 Å². The highest BCUT2D eigenvalue weighted by Gasteiger charge is 2.27. The number of hydrogen-bond acceptors (Lipinski definition) is 5. The maximum Gasteiger partial charge on any atom is 0.226 e. The Morgan fingerprint density at radius 1 is 1.00 bits per heavy atom.